The standard InChI is InChI=1S/C22H24ClN3O5S2.C22H24ClN3O2S2/c1-29-18-12-15(13-19(30-2)21(18)31-3)17-14-32-22(24-17)25-8-10-26(11-9-25)33(27,28)20-7-5-4-6-16(20)23;1-15-12-16(2)21(17(3)13-15)19-14-29-22(24-19)25-8-10-26(11-9-25)30(27,28)20-7-5-4-6-18(20)23/h4-7,12-14H,8-11H2,1-3H3;4-7,12-14H,8-11H2,1-3H3. The van der Waals surface area contributed by atoms with E-state index in [1.807, 2.05) is 17.5 Å². The first-order chi connectivity index (χ1) is 30.2. The molecule has 2 aromatic heterocycles. The van der Waals surface area contributed by atoms with Gasteiger partial charge < -0.3 is 24.0 Å². The average Bonchev–Trinajstić information content (AvgIpc) is 3.98. The quantitative estimate of drug-likeness (QED) is 0.123. The summed E-state index contributed by atoms with van der Waals surface area (Å²) >= 11 is 15.4. The van der Waals surface area contributed by atoms with E-state index in [-0.39, 0.29) is 19.8 Å². The van der Waals surface area contributed by atoms with E-state index < -0.39 is 20.0 Å². The summed E-state index contributed by atoms with van der Waals surface area (Å²) in [6.07, 6.45) is 0. The largest absolute Gasteiger partial charge is 0.493 e. The highest BCUT2D eigenvalue weighted by atomic mass is 35.5. The number of thiazole rings is 2. The number of nitrogens with zero attached hydrogens (tertiary/aromatic N) is 6. The number of methoxy groups -OCH3 is 3. The van der Waals surface area contributed by atoms with Crippen LogP contribution in [0.3, 0.4) is 0 Å². The first kappa shape index (κ1) is 46.5. The van der Waals surface area contributed by atoms with Crippen molar-refractivity contribution >= 4 is 76.2 Å². The lowest BCUT2D eigenvalue weighted by Crippen LogP contribution is -2.48. The van der Waals surface area contributed by atoms with Gasteiger partial charge in [0.1, 0.15) is 9.79 Å². The number of sulfonamides is 2. The third-order valence-corrected chi connectivity index (χ3v) is 17.4. The van der Waals surface area contributed by atoms with Gasteiger partial charge in [0.05, 0.1) is 42.8 Å². The molecule has 0 saturated carbocycles. The number of hydrogen-bond donors (Lipinski definition) is 0. The Bertz CT molecular complexity index is 2760. The van der Waals surface area contributed by atoms with E-state index in [1.165, 1.54) is 48.3 Å². The summed E-state index contributed by atoms with van der Waals surface area (Å²) in [6, 6.07) is 21.2. The van der Waals surface area contributed by atoms with E-state index >= 15 is 0 Å². The smallest absolute Gasteiger partial charge is 0.244 e. The number of rotatable bonds is 11. The predicted octanol–water partition coefficient (Wildman–Crippen LogP) is 8.90. The van der Waals surface area contributed by atoms with E-state index in [0.29, 0.717) is 69.6 Å². The molecule has 4 heterocycles. The average molecular weight is 972 g/mol. The number of aryl methyl sites for hydroxylation is 3. The highest BCUT2D eigenvalue weighted by Crippen LogP contribution is 2.42. The predicted molar refractivity (Wildman–Crippen MR) is 254 cm³/mol. The van der Waals surface area contributed by atoms with Crippen molar-refractivity contribution in [1.82, 2.24) is 18.6 Å². The van der Waals surface area contributed by atoms with Gasteiger partial charge in [-0.1, -0.05) is 65.2 Å². The van der Waals surface area contributed by atoms with E-state index in [4.69, 9.17) is 47.4 Å². The van der Waals surface area contributed by atoms with Crippen LogP contribution in [0.4, 0.5) is 10.3 Å². The van der Waals surface area contributed by atoms with Gasteiger partial charge in [-0.25, -0.2) is 26.8 Å². The van der Waals surface area contributed by atoms with Crippen LogP contribution in [0.1, 0.15) is 16.7 Å². The van der Waals surface area contributed by atoms with Gasteiger partial charge >= 0.3 is 0 Å². The summed E-state index contributed by atoms with van der Waals surface area (Å²) in [5.41, 5.74) is 7.48. The number of benzene rings is 4. The highest BCUT2D eigenvalue weighted by Gasteiger charge is 2.32. The van der Waals surface area contributed by atoms with Crippen LogP contribution in [0.15, 0.2) is 93.3 Å². The Morgan fingerprint density at radius 2 is 0.984 bits per heavy atom. The molecule has 2 fully saturated rings. The van der Waals surface area contributed by atoms with Crippen molar-refractivity contribution in [3.05, 3.63) is 110 Å². The fourth-order valence-corrected chi connectivity index (χ4v) is 13.3. The summed E-state index contributed by atoms with van der Waals surface area (Å²) in [6.45, 7) is 10.1. The molecule has 13 nitrogen and oxygen atoms in total. The topological polar surface area (TPSA) is 135 Å². The van der Waals surface area contributed by atoms with E-state index in [9.17, 15) is 16.8 Å². The van der Waals surface area contributed by atoms with Gasteiger partial charge in [0, 0.05) is 74.2 Å². The maximum atomic E-state index is 13.0. The molecule has 334 valence electrons. The van der Waals surface area contributed by atoms with Crippen LogP contribution in [-0.2, 0) is 20.0 Å². The Morgan fingerprint density at radius 1 is 0.571 bits per heavy atom. The number of piperazine rings is 2. The third kappa shape index (κ3) is 9.95. The van der Waals surface area contributed by atoms with Crippen LogP contribution < -0.4 is 24.0 Å². The zero-order valence-corrected chi connectivity index (χ0v) is 40.4. The van der Waals surface area contributed by atoms with Crippen molar-refractivity contribution in [2.75, 3.05) is 83.5 Å². The van der Waals surface area contributed by atoms with Crippen molar-refractivity contribution in [1.29, 1.82) is 0 Å². The molecule has 0 unspecified atom stereocenters. The zero-order valence-electron chi connectivity index (χ0n) is 35.7. The number of aromatic nitrogens is 2. The molecule has 6 aromatic rings. The molecule has 0 amide bonds. The molecular weight excluding hydrogens is 924 g/mol. The molecule has 4 aromatic carbocycles. The van der Waals surface area contributed by atoms with Crippen LogP contribution in [0.25, 0.3) is 22.5 Å². The van der Waals surface area contributed by atoms with Crippen molar-refractivity contribution in [3.8, 4) is 39.8 Å². The third-order valence-electron chi connectivity index (χ3n) is 10.8. The summed E-state index contributed by atoms with van der Waals surface area (Å²) in [5.74, 6) is 1.63. The van der Waals surface area contributed by atoms with Gasteiger partial charge in [-0.3, -0.25) is 0 Å². The van der Waals surface area contributed by atoms with Gasteiger partial charge in [0.15, 0.2) is 21.8 Å². The number of ether oxygens (including phenoxy) is 3. The SMILES string of the molecule is COc1cc(-c2csc(N3CCN(S(=O)(=O)c4ccccc4Cl)CC3)n2)cc(OC)c1OC.Cc1cc(C)c(-c2csc(N3CCN(S(=O)(=O)c4ccccc4Cl)CC3)n2)c(C)c1. The van der Waals surface area contributed by atoms with Crippen molar-refractivity contribution in [2.24, 2.45) is 0 Å². The van der Waals surface area contributed by atoms with Crippen LogP contribution in [0.2, 0.25) is 10.0 Å². The second-order valence-electron chi connectivity index (χ2n) is 14.9. The first-order valence-electron chi connectivity index (χ1n) is 19.9. The Hall–Kier alpha value is -4.46. The molecule has 0 N–H and O–H groups in total. The maximum Gasteiger partial charge on any atom is 0.244 e. The van der Waals surface area contributed by atoms with Crippen molar-refractivity contribution < 1.29 is 31.0 Å². The second kappa shape index (κ2) is 19.7. The van der Waals surface area contributed by atoms with Crippen LogP contribution in [0, 0.1) is 20.8 Å². The van der Waals surface area contributed by atoms with E-state index in [1.54, 1.807) is 75.1 Å². The molecule has 0 bridgehead atoms. The normalized spacial score (nSPS) is 15.2. The molecule has 2 saturated heterocycles. The zero-order chi connectivity index (χ0) is 45.1. The van der Waals surface area contributed by atoms with E-state index in [2.05, 4.69) is 48.1 Å². The summed E-state index contributed by atoms with van der Waals surface area (Å²) in [7, 11) is -2.53. The molecule has 0 spiro atoms. The lowest BCUT2D eigenvalue weighted by atomic mass is 9.98. The molecule has 2 aliphatic rings. The monoisotopic (exact) mass is 970 g/mol. The van der Waals surface area contributed by atoms with Crippen LogP contribution in [0.5, 0.6) is 17.2 Å². The molecule has 19 heteroatoms. The Labute approximate surface area is 387 Å². The summed E-state index contributed by atoms with van der Waals surface area (Å²) < 4.78 is 71.1. The van der Waals surface area contributed by atoms with Crippen molar-refractivity contribution in [3.63, 3.8) is 0 Å². The van der Waals surface area contributed by atoms with Crippen LogP contribution in [-0.4, -0.2) is 109 Å². The fourth-order valence-electron chi connectivity index (χ4n) is 7.70. The first-order valence-corrected chi connectivity index (χ1v) is 25.3. The minimum Gasteiger partial charge on any atom is -0.493 e. The number of halogens is 2. The Morgan fingerprint density at radius 3 is 1.40 bits per heavy atom. The summed E-state index contributed by atoms with van der Waals surface area (Å²) in [5, 5.41) is 6.30. The maximum absolute atomic E-state index is 13.0. The Kier molecular flexibility index (Phi) is 14.6. The number of hydrogen-bond acceptors (Lipinski definition) is 13. The van der Waals surface area contributed by atoms with Gasteiger partial charge in [0.2, 0.25) is 25.8 Å². The minimum atomic E-state index is -3.64. The lowest BCUT2D eigenvalue weighted by molar-refractivity contribution is 0.324. The van der Waals surface area contributed by atoms with Gasteiger partial charge in [-0.2, -0.15) is 8.61 Å². The van der Waals surface area contributed by atoms with Crippen LogP contribution >= 0.6 is 45.9 Å². The van der Waals surface area contributed by atoms with Gasteiger partial charge in [-0.15, -0.1) is 22.7 Å². The molecule has 0 atom stereocenters. The van der Waals surface area contributed by atoms with Gasteiger partial charge in [0.25, 0.3) is 0 Å². The minimum absolute atomic E-state index is 0.138. The highest BCUT2D eigenvalue weighted by molar-refractivity contribution is 7.89. The van der Waals surface area contributed by atoms with E-state index in [0.717, 1.165) is 27.2 Å². The Balaban J connectivity index is 0.000000190. The second-order valence-corrected chi connectivity index (χ2v) is 21.2. The molecule has 0 aliphatic carbocycles. The van der Waals surface area contributed by atoms with Gasteiger partial charge in [-0.05, 0) is 68.3 Å². The number of anilines is 2. The molecule has 8 rings (SSSR count). The molecular formula is C44H48Cl2N6O7S4. The molecule has 0 radical (unpaired) electrons. The summed E-state index contributed by atoms with van der Waals surface area (Å²) in [4.78, 5) is 14.2. The molecule has 2 aliphatic heterocycles. The molecule has 63 heavy (non-hydrogen) atoms. The fraction of sp³-hybridized carbons (Fsp3) is 0.318. The van der Waals surface area contributed by atoms with Crippen molar-refractivity contribution in [2.45, 2.75) is 30.6 Å². The lowest BCUT2D eigenvalue weighted by Gasteiger charge is -2.33.